The summed E-state index contributed by atoms with van der Waals surface area (Å²) in [5.41, 5.74) is 0.729. The molecule has 4 rings (SSSR count). The molecule has 0 saturated carbocycles. The van der Waals surface area contributed by atoms with Gasteiger partial charge in [-0.15, -0.1) is 10.2 Å². The lowest BCUT2D eigenvalue weighted by atomic mass is 10.1. The van der Waals surface area contributed by atoms with Crippen molar-refractivity contribution < 1.29 is 27.4 Å². The quantitative estimate of drug-likeness (QED) is 0.246. The van der Waals surface area contributed by atoms with Crippen molar-refractivity contribution in [2.75, 3.05) is 14.2 Å². The normalized spacial score (nSPS) is 11.3. The molecule has 0 fully saturated rings. The Bertz CT molecular complexity index is 1420. The lowest BCUT2D eigenvalue weighted by Gasteiger charge is -2.12. The van der Waals surface area contributed by atoms with Gasteiger partial charge in [-0.25, -0.2) is 0 Å². The van der Waals surface area contributed by atoms with E-state index in [1.54, 1.807) is 53.1 Å². The van der Waals surface area contributed by atoms with Crippen LogP contribution in [0.5, 0.6) is 11.5 Å². The Morgan fingerprint density at radius 3 is 2.37 bits per heavy atom. The van der Waals surface area contributed by atoms with Crippen LogP contribution in [0.4, 0.5) is 13.2 Å². The molecule has 0 spiro atoms. The summed E-state index contributed by atoms with van der Waals surface area (Å²) < 4.78 is 51.5. The molecular weight excluding hydrogens is 541 g/mol. The fourth-order valence-corrected chi connectivity index (χ4v) is 4.67. The second-order valence-corrected chi connectivity index (χ2v) is 9.36. The molecule has 12 heteroatoms. The van der Waals surface area contributed by atoms with Crippen LogP contribution in [-0.4, -0.2) is 34.9 Å². The van der Waals surface area contributed by atoms with Gasteiger partial charge in [0.2, 0.25) is 0 Å². The largest absolute Gasteiger partial charge is 0.497 e. The summed E-state index contributed by atoms with van der Waals surface area (Å²) >= 11 is 7.42. The van der Waals surface area contributed by atoms with Gasteiger partial charge in [-0.05, 0) is 42.0 Å². The molecule has 1 amide bonds. The highest BCUT2D eigenvalue weighted by Crippen LogP contribution is 2.32. The Morgan fingerprint density at radius 2 is 1.71 bits per heavy atom. The van der Waals surface area contributed by atoms with Crippen molar-refractivity contribution in [2.24, 2.45) is 0 Å². The maximum atomic E-state index is 13.1. The van der Waals surface area contributed by atoms with Crippen molar-refractivity contribution in [2.45, 2.75) is 23.6 Å². The SMILES string of the molecule is COc1cc(OC)cc(C(=O)NCc2nnc(SCc3cccc(C(F)(F)F)c3)n2-c2cccc(Cl)c2)c1. The highest BCUT2D eigenvalue weighted by Gasteiger charge is 2.30. The average molecular weight is 563 g/mol. The maximum Gasteiger partial charge on any atom is 0.416 e. The lowest BCUT2D eigenvalue weighted by Crippen LogP contribution is -2.24. The monoisotopic (exact) mass is 562 g/mol. The number of benzene rings is 3. The van der Waals surface area contributed by atoms with Gasteiger partial charge in [-0.3, -0.25) is 9.36 Å². The van der Waals surface area contributed by atoms with E-state index in [0.717, 1.165) is 12.1 Å². The van der Waals surface area contributed by atoms with Gasteiger partial charge in [0.05, 0.1) is 32.0 Å². The number of hydrogen-bond donors (Lipinski definition) is 1. The van der Waals surface area contributed by atoms with Gasteiger partial charge < -0.3 is 14.8 Å². The smallest absolute Gasteiger partial charge is 0.416 e. The molecule has 0 unspecified atom stereocenters. The highest BCUT2D eigenvalue weighted by atomic mass is 35.5. The third-order valence-electron chi connectivity index (χ3n) is 5.41. The van der Waals surface area contributed by atoms with Crippen LogP contribution >= 0.6 is 23.4 Å². The minimum absolute atomic E-state index is 0.0159. The third-order valence-corrected chi connectivity index (χ3v) is 6.64. The number of carbonyl (C=O) groups is 1. The predicted molar refractivity (Wildman–Crippen MR) is 138 cm³/mol. The van der Waals surface area contributed by atoms with Crippen molar-refractivity contribution in [1.29, 1.82) is 0 Å². The van der Waals surface area contributed by atoms with Gasteiger partial charge in [0, 0.05) is 22.4 Å². The van der Waals surface area contributed by atoms with E-state index < -0.39 is 11.7 Å². The van der Waals surface area contributed by atoms with Crippen LogP contribution in [0, 0.1) is 0 Å². The molecule has 0 aliphatic heterocycles. The predicted octanol–water partition coefficient (Wildman–Crippen LogP) is 6.18. The first kappa shape index (κ1) is 27.3. The molecule has 7 nitrogen and oxygen atoms in total. The van der Waals surface area contributed by atoms with Crippen molar-refractivity contribution in [3.8, 4) is 17.2 Å². The van der Waals surface area contributed by atoms with E-state index >= 15 is 0 Å². The molecule has 4 aromatic rings. The lowest BCUT2D eigenvalue weighted by molar-refractivity contribution is -0.137. The topological polar surface area (TPSA) is 78.3 Å². The number of nitrogens with one attached hydrogen (secondary N) is 1. The first-order chi connectivity index (χ1) is 18.2. The molecule has 1 aromatic heterocycles. The molecular formula is C26H22ClF3N4O3S. The molecule has 1 N–H and O–H groups in total. The summed E-state index contributed by atoms with van der Waals surface area (Å²) in [5, 5.41) is 12.2. The first-order valence-electron chi connectivity index (χ1n) is 11.2. The van der Waals surface area contributed by atoms with E-state index in [4.69, 9.17) is 21.1 Å². The van der Waals surface area contributed by atoms with Crippen LogP contribution in [0.1, 0.15) is 27.3 Å². The molecule has 1 heterocycles. The van der Waals surface area contributed by atoms with Crippen LogP contribution in [-0.2, 0) is 18.5 Å². The number of halogens is 4. The maximum absolute atomic E-state index is 13.1. The Labute approximate surface area is 225 Å². The summed E-state index contributed by atoms with van der Waals surface area (Å²) in [4.78, 5) is 12.9. The molecule has 0 aliphatic carbocycles. The number of rotatable bonds is 9. The Balaban J connectivity index is 1.58. The molecule has 0 atom stereocenters. The molecule has 38 heavy (non-hydrogen) atoms. The zero-order valence-electron chi connectivity index (χ0n) is 20.3. The van der Waals surface area contributed by atoms with Crippen LogP contribution in [0.2, 0.25) is 5.02 Å². The molecule has 0 radical (unpaired) electrons. The van der Waals surface area contributed by atoms with Gasteiger partial charge in [0.1, 0.15) is 11.5 Å². The number of alkyl halides is 3. The molecule has 0 bridgehead atoms. The fourth-order valence-electron chi connectivity index (χ4n) is 3.57. The summed E-state index contributed by atoms with van der Waals surface area (Å²) in [6.45, 7) is 0.0159. The second-order valence-electron chi connectivity index (χ2n) is 7.98. The van der Waals surface area contributed by atoms with E-state index in [9.17, 15) is 18.0 Å². The van der Waals surface area contributed by atoms with Gasteiger partial charge in [-0.2, -0.15) is 13.2 Å². The third kappa shape index (κ3) is 6.59. The van der Waals surface area contributed by atoms with E-state index in [1.165, 1.54) is 32.0 Å². The van der Waals surface area contributed by atoms with Gasteiger partial charge in [0.25, 0.3) is 5.91 Å². The zero-order valence-corrected chi connectivity index (χ0v) is 21.8. The molecule has 3 aromatic carbocycles. The number of ether oxygens (including phenoxy) is 2. The minimum Gasteiger partial charge on any atom is -0.497 e. The van der Waals surface area contributed by atoms with Crippen molar-refractivity contribution in [1.82, 2.24) is 20.1 Å². The van der Waals surface area contributed by atoms with Crippen molar-refractivity contribution in [3.05, 3.63) is 94.3 Å². The number of hydrogen-bond acceptors (Lipinski definition) is 6. The van der Waals surface area contributed by atoms with Gasteiger partial charge >= 0.3 is 6.18 Å². The Kier molecular flexibility index (Phi) is 8.48. The fraction of sp³-hybridized carbons (Fsp3) is 0.192. The Morgan fingerprint density at radius 1 is 1.00 bits per heavy atom. The summed E-state index contributed by atoms with van der Waals surface area (Å²) in [7, 11) is 2.98. The van der Waals surface area contributed by atoms with E-state index in [-0.39, 0.29) is 18.2 Å². The number of aromatic nitrogens is 3. The highest BCUT2D eigenvalue weighted by molar-refractivity contribution is 7.98. The van der Waals surface area contributed by atoms with Crippen molar-refractivity contribution in [3.63, 3.8) is 0 Å². The zero-order chi connectivity index (χ0) is 27.3. The van der Waals surface area contributed by atoms with Crippen LogP contribution < -0.4 is 14.8 Å². The van der Waals surface area contributed by atoms with Gasteiger partial charge in [-0.1, -0.05) is 47.6 Å². The van der Waals surface area contributed by atoms with Gasteiger partial charge in [0.15, 0.2) is 11.0 Å². The standard InChI is InChI=1S/C26H22ClF3N4O3S/c1-36-21-10-17(11-22(13-21)37-2)24(35)31-14-23-32-33-25(34(23)20-8-4-7-19(27)12-20)38-15-16-5-3-6-18(9-16)26(28,29)30/h3-13H,14-15H2,1-2H3,(H,31,35). The molecule has 198 valence electrons. The number of thioether (sulfide) groups is 1. The first-order valence-corrected chi connectivity index (χ1v) is 12.5. The van der Waals surface area contributed by atoms with E-state index in [1.807, 2.05) is 0 Å². The number of nitrogens with zero attached hydrogens (tertiary/aromatic N) is 3. The van der Waals surface area contributed by atoms with E-state index in [0.29, 0.717) is 44.3 Å². The van der Waals surface area contributed by atoms with Crippen LogP contribution in [0.3, 0.4) is 0 Å². The van der Waals surface area contributed by atoms with Crippen LogP contribution in [0.25, 0.3) is 5.69 Å². The van der Waals surface area contributed by atoms with Crippen molar-refractivity contribution >= 4 is 29.3 Å². The summed E-state index contributed by atoms with van der Waals surface area (Å²) in [5.74, 6) is 1.16. The summed E-state index contributed by atoms with van der Waals surface area (Å²) in [6.07, 6.45) is -4.43. The van der Waals surface area contributed by atoms with E-state index in [2.05, 4.69) is 15.5 Å². The number of methoxy groups -OCH3 is 2. The molecule has 0 saturated heterocycles. The second kappa shape index (κ2) is 11.8. The Hall–Kier alpha value is -3.70. The average Bonchev–Trinajstić information content (AvgIpc) is 3.32. The number of carbonyl (C=O) groups excluding carboxylic acids is 1. The summed E-state index contributed by atoms with van der Waals surface area (Å²) in [6, 6.07) is 16.9. The number of amides is 1. The van der Waals surface area contributed by atoms with Crippen LogP contribution in [0.15, 0.2) is 71.9 Å². The molecule has 0 aliphatic rings. The minimum atomic E-state index is -4.43.